The fourth-order valence-electron chi connectivity index (χ4n) is 1.89. The molecule has 1 heterocycles. The van der Waals surface area contributed by atoms with E-state index in [1.165, 1.54) is 5.56 Å². The first-order valence-corrected chi connectivity index (χ1v) is 5.83. The first-order valence-electron chi connectivity index (χ1n) is 5.83. The third-order valence-corrected chi connectivity index (χ3v) is 2.88. The van der Waals surface area contributed by atoms with Crippen LogP contribution in [0.25, 0.3) is 0 Å². The highest BCUT2D eigenvalue weighted by Crippen LogP contribution is 2.16. The third kappa shape index (κ3) is 3.19. The fourth-order valence-corrected chi connectivity index (χ4v) is 1.89. The Hall–Kier alpha value is -1.58. The Morgan fingerprint density at radius 3 is 2.82 bits per heavy atom. The lowest BCUT2D eigenvalue weighted by molar-refractivity contribution is 0.173. The van der Waals surface area contributed by atoms with Gasteiger partial charge in [-0.1, -0.05) is 24.3 Å². The predicted molar refractivity (Wildman–Crippen MR) is 68.6 cm³/mol. The minimum absolute atomic E-state index is 0.449. The van der Waals surface area contributed by atoms with Crippen LogP contribution >= 0.6 is 0 Å². The molecule has 1 aromatic heterocycles. The van der Waals surface area contributed by atoms with E-state index in [0.29, 0.717) is 6.54 Å². The molecule has 3 heteroatoms. The van der Waals surface area contributed by atoms with E-state index in [4.69, 9.17) is 0 Å². The van der Waals surface area contributed by atoms with Crippen molar-refractivity contribution in [2.75, 3.05) is 6.54 Å². The average molecular weight is 230 g/mol. The van der Waals surface area contributed by atoms with E-state index in [2.05, 4.69) is 10.3 Å². The number of nitrogens with one attached hydrogen (secondary N) is 2. The number of rotatable bonds is 5. The number of aliphatic hydroxyl groups excluding tert-OH is 1. The van der Waals surface area contributed by atoms with E-state index in [0.717, 1.165) is 17.7 Å². The zero-order chi connectivity index (χ0) is 12.1. The van der Waals surface area contributed by atoms with Gasteiger partial charge in [0.2, 0.25) is 0 Å². The van der Waals surface area contributed by atoms with Crippen LogP contribution in [-0.2, 0) is 6.54 Å². The van der Waals surface area contributed by atoms with Crippen LogP contribution in [0.15, 0.2) is 42.7 Å². The molecule has 1 atom stereocenters. The van der Waals surface area contributed by atoms with Crippen LogP contribution in [0.1, 0.15) is 22.8 Å². The molecule has 0 spiro atoms. The Kier molecular flexibility index (Phi) is 3.96. The van der Waals surface area contributed by atoms with Gasteiger partial charge < -0.3 is 15.4 Å². The topological polar surface area (TPSA) is 48.0 Å². The minimum atomic E-state index is -0.449. The number of aromatic nitrogens is 1. The van der Waals surface area contributed by atoms with Crippen LogP contribution in [0.2, 0.25) is 0 Å². The van der Waals surface area contributed by atoms with Gasteiger partial charge in [0.25, 0.3) is 0 Å². The SMILES string of the molecule is Cc1ccccc1C(O)CNCc1cc[nH]c1. The minimum Gasteiger partial charge on any atom is -0.387 e. The summed E-state index contributed by atoms with van der Waals surface area (Å²) in [7, 11) is 0. The summed E-state index contributed by atoms with van der Waals surface area (Å²) in [5, 5.41) is 13.3. The number of benzene rings is 1. The van der Waals surface area contributed by atoms with E-state index in [9.17, 15) is 5.11 Å². The van der Waals surface area contributed by atoms with Crippen LogP contribution in [0.3, 0.4) is 0 Å². The monoisotopic (exact) mass is 230 g/mol. The summed E-state index contributed by atoms with van der Waals surface area (Å²) in [6.45, 7) is 3.35. The van der Waals surface area contributed by atoms with Crippen molar-refractivity contribution in [3.05, 3.63) is 59.4 Å². The van der Waals surface area contributed by atoms with E-state index in [-0.39, 0.29) is 0 Å². The number of hydrogen-bond acceptors (Lipinski definition) is 2. The second kappa shape index (κ2) is 5.66. The van der Waals surface area contributed by atoms with Crippen molar-refractivity contribution in [1.82, 2.24) is 10.3 Å². The average Bonchev–Trinajstić information content (AvgIpc) is 2.82. The summed E-state index contributed by atoms with van der Waals surface area (Å²) in [6.07, 6.45) is 3.40. The second-order valence-corrected chi connectivity index (χ2v) is 4.22. The summed E-state index contributed by atoms with van der Waals surface area (Å²) >= 11 is 0. The van der Waals surface area contributed by atoms with Crippen LogP contribution in [-0.4, -0.2) is 16.6 Å². The highest BCUT2D eigenvalue weighted by molar-refractivity contribution is 5.27. The summed E-state index contributed by atoms with van der Waals surface area (Å²) < 4.78 is 0. The predicted octanol–water partition coefficient (Wildman–Crippen LogP) is 2.15. The van der Waals surface area contributed by atoms with E-state index >= 15 is 0 Å². The molecule has 0 aliphatic rings. The molecular formula is C14H18N2O. The molecule has 2 aromatic rings. The molecule has 17 heavy (non-hydrogen) atoms. The van der Waals surface area contributed by atoms with Crippen molar-refractivity contribution in [3.8, 4) is 0 Å². The molecule has 2 rings (SSSR count). The molecule has 1 unspecified atom stereocenters. The largest absolute Gasteiger partial charge is 0.387 e. The molecule has 0 saturated carbocycles. The van der Waals surface area contributed by atoms with Gasteiger partial charge >= 0.3 is 0 Å². The van der Waals surface area contributed by atoms with Crippen LogP contribution in [0.5, 0.6) is 0 Å². The van der Waals surface area contributed by atoms with Gasteiger partial charge in [-0.25, -0.2) is 0 Å². The molecule has 1 aromatic carbocycles. The second-order valence-electron chi connectivity index (χ2n) is 4.22. The molecule has 0 aliphatic heterocycles. The number of H-pyrrole nitrogens is 1. The maximum Gasteiger partial charge on any atom is 0.0917 e. The molecule has 3 nitrogen and oxygen atoms in total. The third-order valence-electron chi connectivity index (χ3n) is 2.88. The molecular weight excluding hydrogens is 212 g/mol. The maximum absolute atomic E-state index is 10.1. The molecule has 0 saturated heterocycles. The summed E-state index contributed by atoms with van der Waals surface area (Å²) in [6, 6.07) is 9.95. The number of aromatic amines is 1. The highest BCUT2D eigenvalue weighted by atomic mass is 16.3. The van der Waals surface area contributed by atoms with Gasteiger partial charge in [-0.15, -0.1) is 0 Å². The Bertz CT molecular complexity index is 451. The smallest absolute Gasteiger partial charge is 0.0917 e. The summed E-state index contributed by atoms with van der Waals surface area (Å²) in [5.74, 6) is 0. The van der Waals surface area contributed by atoms with Gasteiger partial charge in [-0.3, -0.25) is 0 Å². The molecule has 0 amide bonds. The van der Waals surface area contributed by atoms with Gasteiger partial charge in [0.05, 0.1) is 6.10 Å². The van der Waals surface area contributed by atoms with Crippen molar-refractivity contribution in [2.45, 2.75) is 19.6 Å². The Morgan fingerprint density at radius 1 is 1.29 bits per heavy atom. The van der Waals surface area contributed by atoms with Crippen molar-refractivity contribution in [1.29, 1.82) is 0 Å². The highest BCUT2D eigenvalue weighted by Gasteiger charge is 2.08. The van der Waals surface area contributed by atoms with Crippen molar-refractivity contribution < 1.29 is 5.11 Å². The summed E-state index contributed by atoms with van der Waals surface area (Å²) in [5.41, 5.74) is 3.32. The number of aliphatic hydroxyl groups is 1. The molecule has 0 bridgehead atoms. The standard InChI is InChI=1S/C14H18N2O/c1-11-4-2-3-5-13(11)14(17)10-16-9-12-6-7-15-8-12/h2-8,14-17H,9-10H2,1H3. The lowest BCUT2D eigenvalue weighted by Crippen LogP contribution is -2.21. The zero-order valence-electron chi connectivity index (χ0n) is 9.98. The fraction of sp³-hybridized carbons (Fsp3) is 0.286. The molecule has 0 radical (unpaired) electrons. The first-order chi connectivity index (χ1) is 8.27. The maximum atomic E-state index is 10.1. The Morgan fingerprint density at radius 2 is 2.12 bits per heavy atom. The van der Waals surface area contributed by atoms with Crippen LogP contribution in [0.4, 0.5) is 0 Å². The molecule has 0 aliphatic carbocycles. The molecule has 0 fully saturated rings. The molecule has 90 valence electrons. The Balaban J connectivity index is 1.85. The lowest BCUT2D eigenvalue weighted by Gasteiger charge is -2.14. The number of hydrogen-bond donors (Lipinski definition) is 3. The van der Waals surface area contributed by atoms with Gasteiger partial charge in [0.15, 0.2) is 0 Å². The lowest BCUT2D eigenvalue weighted by atomic mass is 10.0. The Labute approximate surface area is 102 Å². The van der Waals surface area contributed by atoms with E-state index < -0.39 is 6.10 Å². The zero-order valence-corrected chi connectivity index (χ0v) is 9.98. The first kappa shape index (κ1) is 11.9. The van der Waals surface area contributed by atoms with Crippen molar-refractivity contribution in [2.24, 2.45) is 0 Å². The van der Waals surface area contributed by atoms with Crippen LogP contribution in [0, 0.1) is 6.92 Å². The molecule has 3 N–H and O–H groups in total. The van der Waals surface area contributed by atoms with Gasteiger partial charge in [0, 0.05) is 25.5 Å². The quantitative estimate of drug-likeness (QED) is 0.737. The van der Waals surface area contributed by atoms with Crippen molar-refractivity contribution in [3.63, 3.8) is 0 Å². The van der Waals surface area contributed by atoms with Crippen molar-refractivity contribution >= 4 is 0 Å². The summed E-state index contributed by atoms with van der Waals surface area (Å²) in [4.78, 5) is 3.01. The van der Waals surface area contributed by atoms with Gasteiger partial charge in [0.1, 0.15) is 0 Å². The van der Waals surface area contributed by atoms with Crippen LogP contribution < -0.4 is 5.32 Å². The van der Waals surface area contributed by atoms with E-state index in [1.807, 2.05) is 49.6 Å². The van der Waals surface area contributed by atoms with E-state index in [1.54, 1.807) is 0 Å². The number of aryl methyl sites for hydroxylation is 1. The normalized spacial score (nSPS) is 12.6. The van der Waals surface area contributed by atoms with Gasteiger partial charge in [-0.2, -0.15) is 0 Å². The van der Waals surface area contributed by atoms with Gasteiger partial charge in [-0.05, 0) is 29.7 Å².